The number of nitrogens with zero attached hydrogens (tertiary/aromatic N) is 1. The summed E-state index contributed by atoms with van der Waals surface area (Å²) in [6.07, 6.45) is 3.50. The van der Waals surface area contributed by atoms with E-state index >= 15 is 0 Å². The van der Waals surface area contributed by atoms with Crippen molar-refractivity contribution >= 4 is 32.5 Å². The van der Waals surface area contributed by atoms with Crippen LogP contribution >= 0.6 is 11.6 Å². The monoisotopic (exact) mass is 478 g/mol. The van der Waals surface area contributed by atoms with Crippen LogP contribution in [-0.2, 0) is 16.6 Å². The normalized spacial score (nSPS) is 19.1. The van der Waals surface area contributed by atoms with Gasteiger partial charge in [-0.05, 0) is 54.9 Å². The maximum atomic E-state index is 13.0. The van der Waals surface area contributed by atoms with E-state index in [4.69, 9.17) is 16.7 Å². The topological polar surface area (TPSA) is 65.1 Å². The van der Waals surface area contributed by atoms with Crippen LogP contribution in [0.2, 0.25) is 0 Å². The van der Waals surface area contributed by atoms with E-state index in [9.17, 15) is 8.42 Å². The van der Waals surface area contributed by atoms with Crippen LogP contribution in [0.25, 0.3) is 22.2 Å². The SMILES string of the molecule is NS(=O)(=O)c1c(-c2cc3ccccc3n2Cc2ccccc2)cccc1C1CCC(Cl)CC1. The summed E-state index contributed by atoms with van der Waals surface area (Å²) >= 11 is 6.32. The average Bonchev–Trinajstić information content (AvgIpc) is 3.17. The van der Waals surface area contributed by atoms with Crippen molar-refractivity contribution in [2.75, 3.05) is 0 Å². The molecule has 1 saturated carbocycles. The van der Waals surface area contributed by atoms with E-state index in [1.54, 1.807) is 0 Å². The second-order valence-corrected chi connectivity index (χ2v) is 11.0. The number of para-hydroxylation sites is 1. The highest BCUT2D eigenvalue weighted by Crippen LogP contribution is 2.41. The second kappa shape index (κ2) is 8.98. The van der Waals surface area contributed by atoms with Crippen molar-refractivity contribution in [3.63, 3.8) is 0 Å². The molecule has 3 aromatic carbocycles. The van der Waals surface area contributed by atoms with Crippen molar-refractivity contribution in [1.82, 2.24) is 4.57 Å². The fourth-order valence-corrected chi connectivity index (χ4v) is 6.42. The summed E-state index contributed by atoms with van der Waals surface area (Å²) in [5.41, 5.74) is 4.54. The minimum Gasteiger partial charge on any atom is -0.336 e. The quantitative estimate of drug-likeness (QED) is 0.343. The molecular formula is C27H27ClN2O2S. The zero-order valence-electron chi connectivity index (χ0n) is 18.3. The van der Waals surface area contributed by atoms with Gasteiger partial charge in [-0.2, -0.15) is 0 Å². The van der Waals surface area contributed by atoms with E-state index in [1.165, 1.54) is 0 Å². The maximum absolute atomic E-state index is 13.0. The van der Waals surface area contributed by atoms with E-state index in [0.717, 1.165) is 53.4 Å². The van der Waals surface area contributed by atoms with Gasteiger partial charge in [-0.1, -0.05) is 66.7 Å². The molecule has 6 heteroatoms. The molecule has 0 unspecified atom stereocenters. The van der Waals surface area contributed by atoms with E-state index in [0.29, 0.717) is 12.1 Å². The average molecular weight is 479 g/mol. The molecule has 1 aliphatic carbocycles. The molecule has 0 atom stereocenters. The van der Waals surface area contributed by atoms with E-state index in [1.807, 2.05) is 48.5 Å². The summed E-state index contributed by atoms with van der Waals surface area (Å²) in [7, 11) is -3.95. The van der Waals surface area contributed by atoms with E-state index in [-0.39, 0.29) is 16.2 Å². The Kier molecular flexibility index (Phi) is 6.04. The smallest absolute Gasteiger partial charge is 0.239 e. The lowest BCUT2D eigenvalue weighted by Gasteiger charge is -2.27. The van der Waals surface area contributed by atoms with E-state index < -0.39 is 10.0 Å². The van der Waals surface area contributed by atoms with Crippen molar-refractivity contribution in [2.24, 2.45) is 5.14 Å². The first-order valence-corrected chi connectivity index (χ1v) is 13.3. The number of aromatic nitrogens is 1. The van der Waals surface area contributed by atoms with Crippen LogP contribution in [0.15, 0.2) is 83.8 Å². The Hall–Kier alpha value is -2.60. The third kappa shape index (κ3) is 4.45. The number of rotatable bonds is 5. The fourth-order valence-electron chi connectivity index (χ4n) is 5.13. The minimum atomic E-state index is -3.95. The summed E-state index contributed by atoms with van der Waals surface area (Å²) < 4.78 is 28.2. The Morgan fingerprint density at radius 3 is 2.30 bits per heavy atom. The molecule has 0 radical (unpaired) electrons. The van der Waals surface area contributed by atoms with Gasteiger partial charge in [0.2, 0.25) is 10.0 Å². The van der Waals surface area contributed by atoms with Crippen molar-refractivity contribution < 1.29 is 8.42 Å². The Morgan fingerprint density at radius 2 is 1.58 bits per heavy atom. The van der Waals surface area contributed by atoms with Crippen LogP contribution in [0.1, 0.15) is 42.7 Å². The summed E-state index contributed by atoms with van der Waals surface area (Å²) in [4.78, 5) is 0.250. The van der Waals surface area contributed by atoms with Gasteiger partial charge in [0.05, 0.1) is 10.6 Å². The molecule has 1 heterocycles. The van der Waals surface area contributed by atoms with Crippen molar-refractivity contribution in [2.45, 2.75) is 48.4 Å². The van der Waals surface area contributed by atoms with Crippen LogP contribution < -0.4 is 5.14 Å². The first-order valence-electron chi connectivity index (χ1n) is 11.3. The standard InChI is InChI=1S/C27H27ClN2O2S/c28-22-15-13-20(14-16-22)23-10-6-11-24(27(23)33(29,31)32)26-17-21-9-4-5-12-25(21)30(26)18-19-7-2-1-3-8-19/h1-12,17,20,22H,13-16,18H2,(H2,29,31,32). The third-order valence-corrected chi connectivity index (χ3v) is 8.16. The molecular weight excluding hydrogens is 452 g/mol. The van der Waals surface area contributed by atoms with Crippen LogP contribution in [0.3, 0.4) is 0 Å². The molecule has 5 rings (SSSR count). The lowest BCUT2D eigenvalue weighted by Crippen LogP contribution is -2.20. The van der Waals surface area contributed by atoms with Crippen LogP contribution in [0.4, 0.5) is 0 Å². The highest BCUT2D eigenvalue weighted by molar-refractivity contribution is 7.89. The molecule has 1 fully saturated rings. The first kappa shape index (κ1) is 22.2. The van der Waals surface area contributed by atoms with Crippen LogP contribution in [0, 0.1) is 0 Å². The molecule has 0 bridgehead atoms. The van der Waals surface area contributed by atoms with Gasteiger partial charge in [0, 0.05) is 28.4 Å². The number of hydrogen-bond acceptors (Lipinski definition) is 2. The number of halogens is 1. The number of fused-ring (bicyclic) bond motifs is 1. The molecule has 4 aromatic rings. The molecule has 170 valence electrons. The molecule has 0 amide bonds. The van der Waals surface area contributed by atoms with Gasteiger partial charge in [-0.15, -0.1) is 11.6 Å². The van der Waals surface area contributed by atoms with Gasteiger partial charge in [-0.3, -0.25) is 0 Å². The summed E-state index contributed by atoms with van der Waals surface area (Å²) in [6, 6.07) is 26.2. The first-order chi connectivity index (χ1) is 15.9. The highest BCUT2D eigenvalue weighted by Gasteiger charge is 2.29. The number of alkyl halides is 1. The van der Waals surface area contributed by atoms with Gasteiger partial charge < -0.3 is 4.57 Å². The molecule has 0 aliphatic heterocycles. The minimum absolute atomic E-state index is 0.139. The Bertz CT molecular complexity index is 1390. The van der Waals surface area contributed by atoms with Gasteiger partial charge >= 0.3 is 0 Å². The predicted molar refractivity (Wildman–Crippen MR) is 135 cm³/mol. The van der Waals surface area contributed by atoms with Gasteiger partial charge in [0.25, 0.3) is 0 Å². The van der Waals surface area contributed by atoms with Crippen molar-refractivity contribution in [1.29, 1.82) is 0 Å². The van der Waals surface area contributed by atoms with Crippen molar-refractivity contribution in [3.05, 3.63) is 90.0 Å². The molecule has 0 spiro atoms. The summed E-state index contributed by atoms with van der Waals surface area (Å²) in [5.74, 6) is 0.139. The maximum Gasteiger partial charge on any atom is 0.239 e. The molecule has 0 saturated heterocycles. The number of primary sulfonamides is 1. The third-order valence-electron chi connectivity index (χ3n) is 6.70. The molecule has 2 N–H and O–H groups in total. The molecule has 1 aliphatic rings. The number of sulfonamides is 1. The fraction of sp³-hybridized carbons (Fsp3) is 0.259. The summed E-state index contributed by atoms with van der Waals surface area (Å²) in [5, 5.41) is 7.09. The van der Waals surface area contributed by atoms with Gasteiger partial charge in [-0.25, -0.2) is 13.6 Å². The lowest BCUT2D eigenvalue weighted by molar-refractivity contribution is 0.444. The van der Waals surface area contributed by atoms with Gasteiger partial charge in [0.15, 0.2) is 0 Å². The van der Waals surface area contributed by atoms with Gasteiger partial charge in [0.1, 0.15) is 0 Å². The Morgan fingerprint density at radius 1 is 0.879 bits per heavy atom. The van der Waals surface area contributed by atoms with E-state index in [2.05, 4.69) is 34.9 Å². The van der Waals surface area contributed by atoms with Crippen LogP contribution in [0.5, 0.6) is 0 Å². The number of nitrogens with two attached hydrogens (primary N) is 1. The second-order valence-electron chi connectivity index (χ2n) is 8.88. The molecule has 4 nitrogen and oxygen atoms in total. The Labute approximate surface area is 200 Å². The highest BCUT2D eigenvalue weighted by atomic mass is 35.5. The molecule has 33 heavy (non-hydrogen) atoms. The number of hydrogen-bond donors (Lipinski definition) is 1. The number of benzene rings is 3. The lowest BCUT2D eigenvalue weighted by atomic mass is 9.83. The van der Waals surface area contributed by atoms with Crippen LogP contribution in [-0.4, -0.2) is 18.4 Å². The summed E-state index contributed by atoms with van der Waals surface area (Å²) in [6.45, 7) is 0.634. The zero-order valence-corrected chi connectivity index (χ0v) is 19.9. The molecule has 1 aromatic heterocycles. The largest absolute Gasteiger partial charge is 0.336 e. The van der Waals surface area contributed by atoms with Crippen molar-refractivity contribution in [3.8, 4) is 11.3 Å². The Balaban J connectivity index is 1.72. The predicted octanol–water partition coefficient (Wildman–Crippen LogP) is 6.27. The zero-order chi connectivity index (χ0) is 23.0.